The molecule has 24 heavy (non-hydrogen) atoms. The Kier molecular flexibility index (Phi) is 6.14. The van der Waals surface area contributed by atoms with Gasteiger partial charge in [-0.2, -0.15) is 0 Å². The van der Waals surface area contributed by atoms with E-state index >= 15 is 0 Å². The number of nitrogens with zero attached hydrogens (tertiary/aromatic N) is 1. The molecule has 5 nitrogen and oxygen atoms in total. The molecule has 0 radical (unpaired) electrons. The smallest absolute Gasteiger partial charge is 0.317 e. The SMILES string of the molecule is O=C(O)CN(CC1CC1)C1CC(NC(=O)CCCC2CCCC2)C1. The van der Waals surface area contributed by atoms with Gasteiger partial charge < -0.3 is 10.4 Å². The van der Waals surface area contributed by atoms with Crippen molar-refractivity contribution >= 4 is 11.9 Å². The zero-order valence-electron chi connectivity index (χ0n) is 14.7. The van der Waals surface area contributed by atoms with Gasteiger partial charge in [0.25, 0.3) is 0 Å². The maximum Gasteiger partial charge on any atom is 0.317 e. The highest BCUT2D eigenvalue weighted by atomic mass is 16.4. The summed E-state index contributed by atoms with van der Waals surface area (Å²) in [4.78, 5) is 25.2. The summed E-state index contributed by atoms with van der Waals surface area (Å²) < 4.78 is 0. The van der Waals surface area contributed by atoms with Crippen molar-refractivity contribution in [3.63, 3.8) is 0 Å². The summed E-state index contributed by atoms with van der Waals surface area (Å²) in [5, 5.41) is 12.2. The van der Waals surface area contributed by atoms with Crippen molar-refractivity contribution in [2.45, 2.75) is 82.7 Å². The molecule has 0 aromatic heterocycles. The second-order valence-electron chi connectivity index (χ2n) is 8.20. The normalized spacial score (nSPS) is 27.2. The summed E-state index contributed by atoms with van der Waals surface area (Å²) >= 11 is 0. The number of amides is 1. The fourth-order valence-corrected chi connectivity index (χ4v) is 4.30. The maximum atomic E-state index is 12.0. The molecule has 3 aliphatic rings. The summed E-state index contributed by atoms with van der Waals surface area (Å²) in [6, 6.07) is 0.593. The van der Waals surface area contributed by atoms with Crippen molar-refractivity contribution in [2.75, 3.05) is 13.1 Å². The number of rotatable bonds is 10. The molecular formula is C19H32N2O3. The van der Waals surface area contributed by atoms with E-state index in [-0.39, 0.29) is 18.5 Å². The van der Waals surface area contributed by atoms with Crippen LogP contribution in [0.4, 0.5) is 0 Å². The lowest BCUT2D eigenvalue weighted by atomic mass is 9.85. The highest BCUT2D eigenvalue weighted by Crippen LogP contribution is 2.34. The fraction of sp³-hybridized carbons (Fsp3) is 0.895. The summed E-state index contributed by atoms with van der Waals surface area (Å²) in [5.41, 5.74) is 0. The number of hydrogen-bond donors (Lipinski definition) is 2. The average Bonchev–Trinajstić information content (AvgIpc) is 3.14. The van der Waals surface area contributed by atoms with Crippen LogP contribution in [-0.4, -0.2) is 47.1 Å². The quantitative estimate of drug-likeness (QED) is 0.643. The van der Waals surface area contributed by atoms with E-state index in [1.807, 2.05) is 0 Å². The van der Waals surface area contributed by atoms with Crippen molar-refractivity contribution in [1.29, 1.82) is 0 Å². The number of carbonyl (C=O) groups is 2. The fourth-order valence-electron chi connectivity index (χ4n) is 4.30. The molecule has 0 bridgehead atoms. The minimum atomic E-state index is -0.741. The lowest BCUT2D eigenvalue weighted by molar-refractivity contribution is -0.140. The monoisotopic (exact) mass is 336 g/mol. The van der Waals surface area contributed by atoms with E-state index in [4.69, 9.17) is 5.11 Å². The molecular weight excluding hydrogens is 304 g/mol. The van der Waals surface area contributed by atoms with Crippen LogP contribution in [0.25, 0.3) is 0 Å². The Morgan fingerprint density at radius 3 is 2.38 bits per heavy atom. The predicted octanol–water partition coefficient (Wildman–Crippen LogP) is 2.79. The standard InChI is InChI=1S/C19H32N2O3/c22-18(7-3-6-14-4-1-2-5-14)20-16-10-17(11-16)21(13-19(23)24)12-15-8-9-15/h14-17H,1-13H2,(H,20,22)(H,23,24). The molecule has 3 aliphatic carbocycles. The zero-order valence-corrected chi connectivity index (χ0v) is 14.7. The van der Waals surface area contributed by atoms with E-state index in [0.29, 0.717) is 18.4 Å². The second kappa shape index (κ2) is 8.32. The highest BCUT2D eigenvalue weighted by molar-refractivity contribution is 5.76. The zero-order chi connectivity index (χ0) is 16.9. The van der Waals surface area contributed by atoms with E-state index in [2.05, 4.69) is 10.2 Å². The molecule has 3 rings (SSSR count). The molecule has 1 amide bonds. The summed E-state index contributed by atoms with van der Waals surface area (Å²) in [5.74, 6) is 1.00. The summed E-state index contributed by atoms with van der Waals surface area (Å²) in [6.45, 7) is 1.06. The van der Waals surface area contributed by atoms with Gasteiger partial charge in [0, 0.05) is 25.0 Å². The first-order valence-corrected chi connectivity index (χ1v) is 9.85. The topological polar surface area (TPSA) is 69.6 Å². The van der Waals surface area contributed by atoms with Crippen molar-refractivity contribution in [3.05, 3.63) is 0 Å². The summed E-state index contributed by atoms with van der Waals surface area (Å²) in [6.07, 6.45) is 12.6. The van der Waals surface area contributed by atoms with Gasteiger partial charge in [-0.15, -0.1) is 0 Å². The maximum absolute atomic E-state index is 12.0. The summed E-state index contributed by atoms with van der Waals surface area (Å²) in [7, 11) is 0. The van der Waals surface area contributed by atoms with E-state index in [9.17, 15) is 9.59 Å². The highest BCUT2D eigenvalue weighted by Gasteiger charge is 2.37. The van der Waals surface area contributed by atoms with E-state index in [0.717, 1.165) is 31.7 Å². The number of aliphatic carboxylic acids is 1. The molecule has 0 atom stereocenters. The molecule has 5 heteroatoms. The Morgan fingerprint density at radius 2 is 1.75 bits per heavy atom. The Hall–Kier alpha value is -1.10. The van der Waals surface area contributed by atoms with Crippen molar-refractivity contribution in [2.24, 2.45) is 11.8 Å². The minimum Gasteiger partial charge on any atom is -0.480 e. The lowest BCUT2D eigenvalue weighted by Crippen LogP contribution is -2.55. The van der Waals surface area contributed by atoms with Crippen molar-refractivity contribution in [1.82, 2.24) is 10.2 Å². The molecule has 3 saturated carbocycles. The molecule has 3 fully saturated rings. The first-order chi connectivity index (χ1) is 11.6. The number of carbonyl (C=O) groups excluding carboxylic acids is 1. The number of carboxylic acids is 1. The number of nitrogens with one attached hydrogen (secondary N) is 1. The Morgan fingerprint density at radius 1 is 1.04 bits per heavy atom. The van der Waals surface area contributed by atoms with Crippen LogP contribution in [0, 0.1) is 11.8 Å². The van der Waals surface area contributed by atoms with Crippen LogP contribution in [0.3, 0.4) is 0 Å². The third-order valence-corrected chi connectivity index (χ3v) is 6.01. The second-order valence-corrected chi connectivity index (χ2v) is 8.20. The van der Waals surface area contributed by atoms with Crippen LogP contribution in [0.1, 0.15) is 70.6 Å². The van der Waals surface area contributed by atoms with Gasteiger partial charge in [-0.3, -0.25) is 14.5 Å². The van der Waals surface area contributed by atoms with Crippen LogP contribution < -0.4 is 5.32 Å². The van der Waals surface area contributed by atoms with Gasteiger partial charge >= 0.3 is 5.97 Å². The van der Waals surface area contributed by atoms with Gasteiger partial charge in [-0.25, -0.2) is 0 Å². The molecule has 0 aromatic carbocycles. The molecule has 0 aromatic rings. The van der Waals surface area contributed by atoms with Crippen molar-refractivity contribution < 1.29 is 14.7 Å². The first-order valence-electron chi connectivity index (χ1n) is 9.85. The van der Waals surface area contributed by atoms with Crippen molar-refractivity contribution in [3.8, 4) is 0 Å². The minimum absolute atomic E-state index is 0.142. The van der Waals surface area contributed by atoms with Crippen LogP contribution in [0.5, 0.6) is 0 Å². The Balaban J connectivity index is 1.29. The third-order valence-electron chi connectivity index (χ3n) is 6.01. The molecule has 0 heterocycles. The van der Waals surface area contributed by atoms with E-state index in [1.54, 1.807) is 0 Å². The van der Waals surface area contributed by atoms with Gasteiger partial charge in [-0.05, 0) is 50.4 Å². The van der Waals surface area contributed by atoms with Gasteiger partial charge in [0.05, 0.1) is 6.54 Å². The van der Waals surface area contributed by atoms with Crippen LogP contribution in [-0.2, 0) is 9.59 Å². The van der Waals surface area contributed by atoms with Crippen LogP contribution >= 0.6 is 0 Å². The van der Waals surface area contributed by atoms with Crippen LogP contribution in [0.2, 0.25) is 0 Å². The third kappa shape index (κ3) is 5.47. The largest absolute Gasteiger partial charge is 0.480 e. The van der Waals surface area contributed by atoms with Gasteiger partial charge in [0.2, 0.25) is 5.91 Å². The number of carboxylic acid groups (broad SMARTS) is 1. The van der Waals surface area contributed by atoms with E-state index < -0.39 is 5.97 Å². The number of hydrogen-bond acceptors (Lipinski definition) is 3. The molecule has 0 aliphatic heterocycles. The predicted molar refractivity (Wildman–Crippen MR) is 92.7 cm³/mol. The van der Waals surface area contributed by atoms with E-state index in [1.165, 1.54) is 44.9 Å². The van der Waals surface area contributed by atoms with Gasteiger partial charge in [-0.1, -0.05) is 25.7 Å². The molecule has 0 unspecified atom stereocenters. The molecule has 2 N–H and O–H groups in total. The van der Waals surface area contributed by atoms with Gasteiger partial charge in [0.15, 0.2) is 0 Å². The Labute approximate surface area is 145 Å². The van der Waals surface area contributed by atoms with Gasteiger partial charge in [0.1, 0.15) is 0 Å². The molecule has 0 spiro atoms. The van der Waals surface area contributed by atoms with Crippen LogP contribution in [0.15, 0.2) is 0 Å². The Bertz CT molecular complexity index is 438. The molecule has 136 valence electrons. The lowest BCUT2D eigenvalue weighted by Gasteiger charge is -2.42. The molecule has 0 saturated heterocycles. The average molecular weight is 336 g/mol. The first kappa shape index (κ1) is 17.7.